The Morgan fingerprint density at radius 2 is 1.76 bits per heavy atom. The first-order chi connectivity index (χ1) is 9.95. The van der Waals surface area contributed by atoms with Gasteiger partial charge in [-0.25, -0.2) is 8.78 Å². The third-order valence-electron chi connectivity index (χ3n) is 3.10. The van der Waals surface area contributed by atoms with Crippen molar-refractivity contribution in [2.24, 2.45) is 5.84 Å². The molecule has 2 rings (SSSR count). The number of nitrogens with one attached hydrogen (secondary N) is 1. The number of hydrogen-bond donors (Lipinski definition) is 2. The summed E-state index contributed by atoms with van der Waals surface area (Å²) in [6.07, 6.45) is 0.152. The van der Waals surface area contributed by atoms with E-state index < -0.39 is 17.7 Å². The van der Waals surface area contributed by atoms with Crippen molar-refractivity contribution in [3.63, 3.8) is 0 Å². The third-order valence-corrected chi connectivity index (χ3v) is 4.42. The highest BCUT2D eigenvalue weighted by atomic mass is 79.9. The molecule has 0 aliphatic carbocycles. The standard InChI is InChI=1S/C14H11BrCl2F2N2/c15-8-4-5-11(18)13(14(8)19)12(21-20)6-7-9(16)2-1-3-10(7)17/h1-5,12,21H,6,20H2. The molecule has 7 heteroatoms. The van der Waals surface area contributed by atoms with E-state index >= 15 is 0 Å². The lowest BCUT2D eigenvalue weighted by molar-refractivity contribution is 0.471. The minimum absolute atomic E-state index is 0.152. The van der Waals surface area contributed by atoms with Crippen LogP contribution < -0.4 is 11.3 Å². The van der Waals surface area contributed by atoms with Crippen molar-refractivity contribution in [1.29, 1.82) is 0 Å². The molecule has 0 heterocycles. The SMILES string of the molecule is NNC(Cc1c(Cl)cccc1Cl)c1c(F)ccc(Br)c1F. The Hall–Kier alpha value is -0.720. The van der Waals surface area contributed by atoms with Gasteiger partial charge in [0.25, 0.3) is 0 Å². The first kappa shape index (κ1) is 16.6. The number of nitrogens with two attached hydrogens (primary N) is 1. The van der Waals surface area contributed by atoms with Crippen LogP contribution in [0.3, 0.4) is 0 Å². The maximum atomic E-state index is 14.2. The van der Waals surface area contributed by atoms with Gasteiger partial charge in [0, 0.05) is 15.6 Å². The maximum Gasteiger partial charge on any atom is 0.145 e. The van der Waals surface area contributed by atoms with Crippen LogP contribution in [0.15, 0.2) is 34.8 Å². The number of hydrazine groups is 1. The Morgan fingerprint density at radius 3 is 2.33 bits per heavy atom. The lowest BCUT2D eigenvalue weighted by Crippen LogP contribution is -2.31. The third kappa shape index (κ3) is 3.55. The zero-order chi connectivity index (χ0) is 15.6. The van der Waals surface area contributed by atoms with Gasteiger partial charge in [-0.2, -0.15) is 0 Å². The largest absolute Gasteiger partial charge is 0.271 e. The van der Waals surface area contributed by atoms with Crippen molar-refractivity contribution < 1.29 is 8.78 Å². The molecular formula is C14H11BrCl2F2N2. The first-order valence-electron chi connectivity index (χ1n) is 5.98. The molecule has 0 spiro atoms. The van der Waals surface area contributed by atoms with E-state index in [2.05, 4.69) is 21.4 Å². The molecule has 1 unspecified atom stereocenters. The molecule has 112 valence electrons. The van der Waals surface area contributed by atoms with Crippen LogP contribution in [0.25, 0.3) is 0 Å². The van der Waals surface area contributed by atoms with E-state index in [0.29, 0.717) is 15.6 Å². The minimum Gasteiger partial charge on any atom is -0.271 e. The molecular weight excluding hydrogens is 385 g/mol. The van der Waals surface area contributed by atoms with Crippen molar-refractivity contribution in [1.82, 2.24) is 5.43 Å². The van der Waals surface area contributed by atoms with Gasteiger partial charge in [0.2, 0.25) is 0 Å². The van der Waals surface area contributed by atoms with Crippen LogP contribution in [0, 0.1) is 11.6 Å². The highest BCUT2D eigenvalue weighted by molar-refractivity contribution is 9.10. The van der Waals surface area contributed by atoms with E-state index in [1.165, 1.54) is 12.1 Å². The second kappa shape index (κ2) is 7.03. The van der Waals surface area contributed by atoms with Gasteiger partial charge >= 0.3 is 0 Å². The van der Waals surface area contributed by atoms with E-state index in [0.717, 1.165) is 0 Å². The fourth-order valence-electron chi connectivity index (χ4n) is 2.04. The van der Waals surface area contributed by atoms with Gasteiger partial charge in [0.1, 0.15) is 11.6 Å². The molecule has 0 saturated heterocycles. The average Bonchev–Trinajstić information content (AvgIpc) is 2.45. The molecule has 0 aromatic heterocycles. The maximum absolute atomic E-state index is 14.2. The predicted molar refractivity (Wildman–Crippen MR) is 84.3 cm³/mol. The molecule has 0 fully saturated rings. The van der Waals surface area contributed by atoms with Gasteiger partial charge in [-0.05, 0) is 52.2 Å². The molecule has 0 amide bonds. The Labute approximate surface area is 139 Å². The summed E-state index contributed by atoms with van der Waals surface area (Å²) in [5, 5.41) is 0.831. The van der Waals surface area contributed by atoms with Crippen molar-refractivity contribution in [2.75, 3.05) is 0 Å². The Bertz CT molecular complexity index is 647. The highest BCUT2D eigenvalue weighted by Crippen LogP contribution is 2.32. The molecule has 1 atom stereocenters. The number of benzene rings is 2. The van der Waals surface area contributed by atoms with Crippen LogP contribution >= 0.6 is 39.1 Å². The molecule has 0 saturated carbocycles. The van der Waals surface area contributed by atoms with Gasteiger partial charge in [0.05, 0.1) is 10.5 Å². The number of hydrogen-bond acceptors (Lipinski definition) is 2. The summed E-state index contributed by atoms with van der Waals surface area (Å²) in [5.74, 6) is 4.06. The van der Waals surface area contributed by atoms with E-state index in [-0.39, 0.29) is 16.5 Å². The Morgan fingerprint density at radius 1 is 1.14 bits per heavy atom. The summed E-state index contributed by atoms with van der Waals surface area (Å²) in [6, 6.07) is 6.67. The van der Waals surface area contributed by atoms with E-state index in [1.807, 2.05) is 0 Å². The van der Waals surface area contributed by atoms with E-state index in [1.54, 1.807) is 18.2 Å². The molecule has 0 radical (unpaired) electrons. The zero-order valence-electron chi connectivity index (χ0n) is 10.6. The van der Waals surface area contributed by atoms with Crippen LogP contribution in [0.2, 0.25) is 10.0 Å². The summed E-state index contributed by atoms with van der Waals surface area (Å²) < 4.78 is 28.3. The first-order valence-corrected chi connectivity index (χ1v) is 7.53. The molecule has 0 aliphatic heterocycles. The van der Waals surface area contributed by atoms with Gasteiger partial charge in [0.15, 0.2) is 0 Å². The van der Waals surface area contributed by atoms with Crippen LogP contribution in [0.1, 0.15) is 17.2 Å². The van der Waals surface area contributed by atoms with Crippen LogP contribution in [-0.2, 0) is 6.42 Å². The van der Waals surface area contributed by atoms with Crippen molar-refractivity contribution in [2.45, 2.75) is 12.5 Å². The second-order valence-corrected chi connectivity index (χ2v) is 6.05. The highest BCUT2D eigenvalue weighted by Gasteiger charge is 2.23. The van der Waals surface area contributed by atoms with Gasteiger partial charge < -0.3 is 0 Å². The molecule has 2 nitrogen and oxygen atoms in total. The predicted octanol–water partition coefficient (Wildman–Crippen LogP) is 4.78. The normalized spacial score (nSPS) is 12.5. The lowest BCUT2D eigenvalue weighted by Gasteiger charge is -2.19. The fourth-order valence-corrected chi connectivity index (χ4v) is 2.94. The molecule has 0 aliphatic rings. The van der Waals surface area contributed by atoms with E-state index in [4.69, 9.17) is 29.0 Å². The summed E-state index contributed by atoms with van der Waals surface area (Å²) in [6.45, 7) is 0. The van der Waals surface area contributed by atoms with Crippen molar-refractivity contribution in [3.05, 3.63) is 67.6 Å². The van der Waals surface area contributed by atoms with Crippen molar-refractivity contribution in [3.8, 4) is 0 Å². The van der Waals surface area contributed by atoms with Gasteiger partial charge in [-0.15, -0.1) is 0 Å². The Balaban J connectivity index is 2.44. The van der Waals surface area contributed by atoms with E-state index in [9.17, 15) is 8.78 Å². The lowest BCUT2D eigenvalue weighted by atomic mass is 9.98. The average molecular weight is 396 g/mol. The summed E-state index contributed by atoms with van der Waals surface area (Å²) >= 11 is 15.2. The van der Waals surface area contributed by atoms with Crippen molar-refractivity contribution >= 4 is 39.1 Å². The number of halogens is 5. The molecule has 2 aromatic carbocycles. The summed E-state index contributed by atoms with van der Waals surface area (Å²) in [5.41, 5.74) is 2.82. The molecule has 21 heavy (non-hydrogen) atoms. The summed E-state index contributed by atoms with van der Waals surface area (Å²) in [4.78, 5) is 0. The second-order valence-electron chi connectivity index (χ2n) is 4.38. The number of rotatable bonds is 4. The van der Waals surface area contributed by atoms with Crippen LogP contribution in [0.5, 0.6) is 0 Å². The quantitative estimate of drug-likeness (QED) is 0.444. The molecule has 3 N–H and O–H groups in total. The fraction of sp³-hybridized carbons (Fsp3) is 0.143. The van der Waals surface area contributed by atoms with Crippen LogP contribution in [0.4, 0.5) is 8.78 Å². The monoisotopic (exact) mass is 394 g/mol. The van der Waals surface area contributed by atoms with Crippen LogP contribution in [-0.4, -0.2) is 0 Å². The van der Waals surface area contributed by atoms with Gasteiger partial charge in [-0.3, -0.25) is 11.3 Å². The summed E-state index contributed by atoms with van der Waals surface area (Å²) in [7, 11) is 0. The topological polar surface area (TPSA) is 38.0 Å². The van der Waals surface area contributed by atoms with Gasteiger partial charge in [-0.1, -0.05) is 29.3 Å². The zero-order valence-corrected chi connectivity index (χ0v) is 13.7. The Kier molecular flexibility index (Phi) is 5.57. The molecule has 2 aromatic rings. The smallest absolute Gasteiger partial charge is 0.145 e. The molecule has 0 bridgehead atoms. The minimum atomic E-state index is -0.806.